The Morgan fingerprint density at radius 2 is 1.48 bits per heavy atom. The number of thiocarbonyl (C=S) groups is 1. The Bertz CT molecular complexity index is 977. The van der Waals surface area contributed by atoms with Gasteiger partial charge >= 0.3 is 0 Å². The van der Waals surface area contributed by atoms with Crippen molar-refractivity contribution in [2.75, 3.05) is 0 Å². The molecule has 0 N–H and O–H groups in total. The molecule has 2 aromatic carbocycles. The van der Waals surface area contributed by atoms with Crippen molar-refractivity contribution < 1.29 is 17.6 Å². The van der Waals surface area contributed by atoms with Gasteiger partial charge < -0.3 is 0 Å². The van der Waals surface area contributed by atoms with Gasteiger partial charge in [0.15, 0.2) is 29.0 Å². The molecule has 0 aliphatic heterocycles. The lowest BCUT2D eigenvalue weighted by Crippen LogP contribution is -2.12. The van der Waals surface area contributed by atoms with Crippen LogP contribution in [0.4, 0.5) is 23.2 Å². The smallest absolute Gasteiger partial charge is 0.189 e. The second-order valence-corrected chi connectivity index (χ2v) is 7.36. The van der Waals surface area contributed by atoms with Crippen LogP contribution in [0.2, 0.25) is 0 Å². The van der Waals surface area contributed by atoms with Crippen molar-refractivity contribution in [3.8, 4) is 11.8 Å². The van der Waals surface area contributed by atoms with Crippen molar-refractivity contribution in [1.82, 2.24) is 0 Å². The molecule has 6 heteroatoms. The molecule has 1 aliphatic carbocycles. The molecule has 0 aromatic heterocycles. The molecule has 3 rings (SSSR count). The van der Waals surface area contributed by atoms with Crippen molar-refractivity contribution in [2.45, 2.75) is 44.9 Å². The zero-order chi connectivity index (χ0) is 21.0. The van der Waals surface area contributed by atoms with Gasteiger partial charge in [-0.15, -0.1) is 0 Å². The van der Waals surface area contributed by atoms with E-state index < -0.39 is 34.5 Å². The highest BCUT2D eigenvalue weighted by Gasteiger charge is 2.24. The first-order valence-corrected chi connectivity index (χ1v) is 9.92. The minimum Gasteiger partial charge on any atom is -0.202 e. The standard InChI is InChI=1S/C23H19F4NS/c1-2-14-3-8-16(9-4-14)17-10-5-15(6-11-17)7-12-18-19(24)21(26)23(28-13-29)22(27)20(18)25/h5-6,10-11,14,16H,2-4,8-9H2,1H3. The minimum atomic E-state index is -1.65. The van der Waals surface area contributed by atoms with Gasteiger partial charge in [-0.05, 0) is 67.4 Å². The highest BCUT2D eigenvalue weighted by Crippen LogP contribution is 2.37. The van der Waals surface area contributed by atoms with E-state index in [9.17, 15) is 17.6 Å². The van der Waals surface area contributed by atoms with Gasteiger partial charge in [0.1, 0.15) is 5.56 Å². The summed E-state index contributed by atoms with van der Waals surface area (Å²) in [4.78, 5) is 3.04. The van der Waals surface area contributed by atoms with Gasteiger partial charge in [0.25, 0.3) is 0 Å². The SMILES string of the molecule is CCC1CCC(c2ccc(C#Cc3c(F)c(F)c(N=C=S)c(F)c3F)cc2)CC1. The van der Waals surface area contributed by atoms with E-state index in [0.29, 0.717) is 11.5 Å². The highest BCUT2D eigenvalue weighted by molar-refractivity contribution is 7.78. The highest BCUT2D eigenvalue weighted by atomic mass is 32.1. The largest absolute Gasteiger partial charge is 0.202 e. The first-order chi connectivity index (χ1) is 14.0. The molecule has 0 radical (unpaired) electrons. The summed E-state index contributed by atoms with van der Waals surface area (Å²) >= 11 is 4.23. The molecule has 0 bridgehead atoms. The van der Waals surface area contributed by atoms with Crippen LogP contribution in [0, 0.1) is 41.0 Å². The summed E-state index contributed by atoms with van der Waals surface area (Å²) in [6.07, 6.45) is 5.96. The summed E-state index contributed by atoms with van der Waals surface area (Å²) in [5, 5.41) is 1.69. The van der Waals surface area contributed by atoms with Crippen LogP contribution >= 0.6 is 12.2 Å². The Labute approximate surface area is 172 Å². The number of nitrogens with zero attached hydrogens (tertiary/aromatic N) is 1. The van der Waals surface area contributed by atoms with Crippen LogP contribution in [0.25, 0.3) is 0 Å². The average molecular weight is 417 g/mol. The first-order valence-electron chi connectivity index (χ1n) is 9.52. The zero-order valence-electron chi connectivity index (χ0n) is 15.9. The Morgan fingerprint density at radius 3 is 2.00 bits per heavy atom. The van der Waals surface area contributed by atoms with Crippen LogP contribution in [0.1, 0.15) is 61.6 Å². The van der Waals surface area contributed by atoms with Gasteiger partial charge in [-0.2, -0.15) is 4.99 Å². The normalized spacial score (nSPS) is 18.5. The molecule has 1 fully saturated rings. The lowest BCUT2D eigenvalue weighted by Gasteiger charge is -2.28. The molecule has 29 heavy (non-hydrogen) atoms. The fraction of sp³-hybridized carbons (Fsp3) is 0.348. The molecular weight excluding hydrogens is 398 g/mol. The van der Waals surface area contributed by atoms with E-state index in [1.807, 2.05) is 12.1 Å². The van der Waals surface area contributed by atoms with E-state index in [4.69, 9.17) is 0 Å². The Balaban J connectivity index is 1.83. The molecule has 0 spiro atoms. The Morgan fingerprint density at radius 1 is 0.897 bits per heavy atom. The summed E-state index contributed by atoms with van der Waals surface area (Å²) in [5.74, 6) is -0.440. The van der Waals surface area contributed by atoms with E-state index >= 15 is 0 Å². The number of benzene rings is 2. The third-order valence-corrected chi connectivity index (χ3v) is 5.63. The van der Waals surface area contributed by atoms with Gasteiger partial charge in [0, 0.05) is 5.56 Å². The second kappa shape index (κ2) is 9.35. The molecule has 2 aromatic rings. The van der Waals surface area contributed by atoms with Crippen LogP contribution in [0.3, 0.4) is 0 Å². The maximum absolute atomic E-state index is 14.1. The van der Waals surface area contributed by atoms with Crippen LogP contribution in [0.5, 0.6) is 0 Å². The van der Waals surface area contributed by atoms with Crippen molar-refractivity contribution in [1.29, 1.82) is 0 Å². The van der Waals surface area contributed by atoms with E-state index in [0.717, 1.165) is 18.8 Å². The second-order valence-electron chi connectivity index (χ2n) is 7.18. The minimum absolute atomic E-state index is 0.497. The van der Waals surface area contributed by atoms with E-state index in [1.165, 1.54) is 24.8 Å². The lowest BCUT2D eigenvalue weighted by atomic mass is 9.78. The summed E-state index contributed by atoms with van der Waals surface area (Å²) in [7, 11) is 0. The number of hydrogen-bond donors (Lipinski definition) is 0. The molecule has 1 aliphatic rings. The maximum Gasteiger partial charge on any atom is 0.189 e. The molecule has 0 atom stereocenters. The van der Waals surface area contributed by atoms with E-state index in [2.05, 4.69) is 36.0 Å². The zero-order valence-corrected chi connectivity index (χ0v) is 16.7. The number of rotatable bonds is 3. The van der Waals surface area contributed by atoms with Gasteiger partial charge in [-0.1, -0.05) is 37.3 Å². The maximum atomic E-state index is 14.1. The quantitative estimate of drug-likeness (QED) is 0.171. The van der Waals surface area contributed by atoms with Gasteiger partial charge in [-0.3, -0.25) is 0 Å². The van der Waals surface area contributed by atoms with Crippen LogP contribution < -0.4 is 0 Å². The number of isothiocyanates is 1. The molecule has 0 amide bonds. The molecule has 1 saturated carbocycles. The van der Waals surface area contributed by atoms with Crippen LogP contribution in [0.15, 0.2) is 29.3 Å². The van der Waals surface area contributed by atoms with Crippen molar-refractivity contribution in [2.24, 2.45) is 10.9 Å². The molecule has 1 nitrogen and oxygen atoms in total. The number of hydrogen-bond acceptors (Lipinski definition) is 2. The molecular formula is C23H19F4NS. The summed E-state index contributed by atoms with van der Waals surface area (Å²) in [5.41, 5.74) is -0.425. The van der Waals surface area contributed by atoms with E-state index in [-0.39, 0.29) is 0 Å². The van der Waals surface area contributed by atoms with Crippen molar-refractivity contribution in [3.63, 3.8) is 0 Å². The Kier molecular flexibility index (Phi) is 6.84. The molecule has 150 valence electrons. The third-order valence-electron chi connectivity index (χ3n) is 5.54. The Hall–Kier alpha value is -2.48. The van der Waals surface area contributed by atoms with Gasteiger partial charge in [0.05, 0.1) is 5.16 Å². The monoisotopic (exact) mass is 417 g/mol. The van der Waals surface area contributed by atoms with E-state index in [1.54, 1.807) is 17.3 Å². The molecule has 0 heterocycles. The van der Waals surface area contributed by atoms with Crippen LogP contribution in [-0.4, -0.2) is 5.16 Å². The van der Waals surface area contributed by atoms with Gasteiger partial charge in [0.2, 0.25) is 0 Å². The molecule has 0 saturated heterocycles. The summed E-state index contributed by atoms with van der Waals surface area (Å²) in [6.45, 7) is 2.22. The first kappa shape index (κ1) is 21.2. The lowest BCUT2D eigenvalue weighted by molar-refractivity contribution is 0.319. The topological polar surface area (TPSA) is 12.4 Å². The molecule has 0 unspecified atom stereocenters. The number of aliphatic imine (C=N–C) groups is 1. The van der Waals surface area contributed by atoms with Crippen LogP contribution in [-0.2, 0) is 0 Å². The average Bonchev–Trinajstić information content (AvgIpc) is 2.76. The third kappa shape index (κ3) is 4.58. The van der Waals surface area contributed by atoms with Crippen molar-refractivity contribution in [3.05, 3.63) is 64.2 Å². The fourth-order valence-corrected chi connectivity index (χ4v) is 3.84. The summed E-state index contributed by atoms with van der Waals surface area (Å²) < 4.78 is 56.0. The predicted octanol–water partition coefficient (Wildman–Crippen LogP) is 7.06. The fourth-order valence-electron chi connectivity index (χ4n) is 3.75. The predicted molar refractivity (Wildman–Crippen MR) is 108 cm³/mol. The summed E-state index contributed by atoms with van der Waals surface area (Å²) in [6, 6.07) is 7.40. The number of halogens is 4. The van der Waals surface area contributed by atoms with Gasteiger partial charge in [-0.25, -0.2) is 17.6 Å². The van der Waals surface area contributed by atoms with Crippen molar-refractivity contribution >= 4 is 23.1 Å².